The molecular weight excluding hydrogens is 402 g/mol. The Labute approximate surface area is 189 Å². The molecule has 0 aliphatic rings. The molecule has 2 amide bonds. The van der Waals surface area contributed by atoms with E-state index in [-0.39, 0.29) is 18.4 Å². The van der Waals surface area contributed by atoms with Crippen LogP contribution in [0.1, 0.15) is 47.3 Å². The van der Waals surface area contributed by atoms with Gasteiger partial charge in [-0.3, -0.25) is 4.79 Å². The van der Waals surface area contributed by atoms with Crippen LogP contribution in [0.5, 0.6) is 0 Å². The number of aryl methyl sites for hydroxylation is 2. The van der Waals surface area contributed by atoms with Gasteiger partial charge in [-0.05, 0) is 49.6 Å². The Morgan fingerprint density at radius 3 is 2.56 bits per heavy atom. The number of amides is 2. The van der Waals surface area contributed by atoms with Crippen LogP contribution >= 0.6 is 0 Å². The predicted octanol–water partition coefficient (Wildman–Crippen LogP) is 4.65. The number of hydrogen-bond acceptors (Lipinski definition) is 3. The first-order valence-corrected chi connectivity index (χ1v) is 10.9. The Bertz CT molecular complexity index is 1040. The van der Waals surface area contributed by atoms with Crippen LogP contribution in [0.3, 0.4) is 0 Å². The lowest BCUT2D eigenvalue weighted by atomic mass is 10.0. The van der Waals surface area contributed by atoms with Gasteiger partial charge in [-0.2, -0.15) is 0 Å². The first kappa shape index (κ1) is 23.1. The summed E-state index contributed by atoms with van der Waals surface area (Å²) in [5, 5.41) is 5.83. The number of nitrogens with one attached hydrogen (secondary N) is 2. The Balaban J connectivity index is 1.63. The molecule has 2 aromatic carbocycles. The van der Waals surface area contributed by atoms with Gasteiger partial charge in [0.15, 0.2) is 0 Å². The zero-order valence-electron chi connectivity index (χ0n) is 18.9. The fourth-order valence-electron chi connectivity index (χ4n) is 3.62. The van der Waals surface area contributed by atoms with Gasteiger partial charge in [0.05, 0.1) is 25.6 Å². The smallest absolute Gasteiger partial charge is 0.315 e. The van der Waals surface area contributed by atoms with Crippen molar-refractivity contribution in [3.63, 3.8) is 0 Å². The highest BCUT2D eigenvalue weighted by atomic mass is 16.5. The van der Waals surface area contributed by atoms with Crippen LogP contribution in [0.2, 0.25) is 0 Å². The van der Waals surface area contributed by atoms with E-state index in [9.17, 15) is 9.59 Å². The highest BCUT2D eigenvalue weighted by molar-refractivity contribution is 5.76. The number of carbonyl (C=O) groups is 2. The van der Waals surface area contributed by atoms with Crippen molar-refractivity contribution in [3.05, 3.63) is 94.8 Å². The minimum absolute atomic E-state index is 0.0777. The van der Waals surface area contributed by atoms with Gasteiger partial charge >= 0.3 is 12.0 Å². The average molecular weight is 434 g/mol. The van der Waals surface area contributed by atoms with Crippen LogP contribution < -0.4 is 10.6 Å². The van der Waals surface area contributed by atoms with E-state index in [1.165, 1.54) is 16.7 Å². The second kappa shape index (κ2) is 11.2. The molecule has 1 heterocycles. The lowest BCUT2D eigenvalue weighted by Gasteiger charge is -2.19. The number of nitrogens with zero attached hydrogens (tertiary/aromatic N) is 1. The minimum Gasteiger partial charge on any atom is -0.466 e. The van der Waals surface area contributed by atoms with E-state index < -0.39 is 6.04 Å². The highest BCUT2D eigenvalue weighted by Crippen LogP contribution is 2.18. The lowest BCUT2D eigenvalue weighted by Crippen LogP contribution is -2.38. The number of hydrogen-bond donors (Lipinski definition) is 2. The van der Waals surface area contributed by atoms with Crippen LogP contribution in [-0.4, -0.2) is 23.2 Å². The van der Waals surface area contributed by atoms with Crippen molar-refractivity contribution < 1.29 is 14.3 Å². The third-order valence-corrected chi connectivity index (χ3v) is 5.38. The van der Waals surface area contributed by atoms with Crippen molar-refractivity contribution in [2.75, 3.05) is 6.61 Å². The summed E-state index contributed by atoms with van der Waals surface area (Å²) in [6, 6.07) is 19.1. The SMILES string of the molecule is CCOC(=O)CC(NC(=O)NCc1cccn1Cc1cc(C)ccc1C)c1ccccc1. The van der Waals surface area contributed by atoms with Gasteiger partial charge in [-0.15, -0.1) is 0 Å². The molecule has 0 saturated carbocycles. The summed E-state index contributed by atoms with van der Waals surface area (Å²) in [5.41, 5.74) is 5.58. The second-order valence-electron chi connectivity index (χ2n) is 7.86. The van der Waals surface area contributed by atoms with Crippen molar-refractivity contribution in [2.45, 2.75) is 46.3 Å². The van der Waals surface area contributed by atoms with Gasteiger partial charge in [0, 0.05) is 18.4 Å². The molecule has 3 rings (SSSR count). The number of carbonyl (C=O) groups excluding carboxylic acids is 2. The number of urea groups is 1. The van der Waals surface area contributed by atoms with E-state index in [2.05, 4.69) is 47.2 Å². The predicted molar refractivity (Wildman–Crippen MR) is 125 cm³/mol. The number of esters is 1. The van der Waals surface area contributed by atoms with Crippen molar-refractivity contribution in [1.82, 2.24) is 15.2 Å². The molecule has 6 nitrogen and oxygen atoms in total. The number of aromatic nitrogens is 1. The normalized spacial score (nSPS) is 11.6. The van der Waals surface area contributed by atoms with Gasteiger partial charge in [0.2, 0.25) is 0 Å². The van der Waals surface area contributed by atoms with Gasteiger partial charge in [-0.1, -0.05) is 54.1 Å². The van der Waals surface area contributed by atoms with Crippen LogP contribution in [0.15, 0.2) is 66.9 Å². The summed E-state index contributed by atoms with van der Waals surface area (Å²) >= 11 is 0. The molecule has 0 spiro atoms. The molecule has 0 bridgehead atoms. The van der Waals surface area contributed by atoms with E-state index in [1.54, 1.807) is 6.92 Å². The maximum absolute atomic E-state index is 12.6. The third kappa shape index (κ3) is 6.48. The quantitative estimate of drug-likeness (QED) is 0.483. The van der Waals surface area contributed by atoms with Crippen LogP contribution in [0, 0.1) is 13.8 Å². The monoisotopic (exact) mass is 433 g/mol. The summed E-state index contributed by atoms with van der Waals surface area (Å²) in [4.78, 5) is 24.7. The molecule has 1 aromatic heterocycles. The van der Waals surface area contributed by atoms with E-state index >= 15 is 0 Å². The molecule has 2 N–H and O–H groups in total. The maximum atomic E-state index is 12.6. The zero-order chi connectivity index (χ0) is 22.9. The number of ether oxygens (including phenoxy) is 1. The van der Waals surface area contributed by atoms with Crippen molar-refractivity contribution in [3.8, 4) is 0 Å². The Morgan fingerprint density at radius 1 is 1.03 bits per heavy atom. The minimum atomic E-state index is -0.461. The van der Waals surface area contributed by atoms with Gasteiger partial charge in [0.1, 0.15) is 0 Å². The van der Waals surface area contributed by atoms with Gasteiger partial charge in [0.25, 0.3) is 0 Å². The summed E-state index contributed by atoms with van der Waals surface area (Å²) in [7, 11) is 0. The Morgan fingerprint density at radius 2 is 1.81 bits per heavy atom. The summed E-state index contributed by atoms with van der Waals surface area (Å²) in [6.07, 6.45) is 2.10. The van der Waals surface area contributed by atoms with Gasteiger partial charge in [-0.25, -0.2) is 4.79 Å². The number of benzene rings is 2. The molecule has 0 fully saturated rings. The fraction of sp³-hybridized carbons (Fsp3) is 0.308. The summed E-state index contributed by atoms with van der Waals surface area (Å²) < 4.78 is 7.20. The van der Waals surface area contributed by atoms with Crippen molar-refractivity contribution in [1.29, 1.82) is 0 Å². The molecule has 32 heavy (non-hydrogen) atoms. The first-order valence-electron chi connectivity index (χ1n) is 10.9. The molecule has 3 aromatic rings. The van der Waals surface area contributed by atoms with E-state index in [0.717, 1.165) is 17.8 Å². The molecule has 6 heteroatoms. The third-order valence-electron chi connectivity index (χ3n) is 5.38. The standard InChI is InChI=1S/C26H31N3O3/c1-4-32-25(30)16-24(21-9-6-5-7-10-21)28-26(31)27-17-23-11-8-14-29(23)18-22-15-19(2)12-13-20(22)3/h5-15,24H,4,16-18H2,1-3H3,(H2,27,28,31). The van der Waals surface area contributed by atoms with Crippen molar-refractivity contribution >= 4 is 12.0 Å². The average Bonchev–Trinajstić information content (AvgIpc) is 3.22. The van der Waals surface area contributed by atoms with E-state index in [4.69, 9.17) is 4.74 Å². The molecule has 0 saturated heterocycles. The summed E-state index contributed by atoms with van der Waals surface area (Å²) in [6.45, 7) is 7.40. The maximum Gasteiger partial charge on any atom is 0.315 e. The highest BCUT2D eigenvalue weighted by Gasteiger charge is 2.19. The van der Waals surface area contributed by atoms with Crippen molar-refractivity contribution in [2.24, 2.45) is 0 Å². The molecule has 168 valence electrons. The Hall–Kier alpha value is -3.54. The largest absolute Gasteiger partial charge is 0.466 e. The van der Waals surface area contributed by atoms with E-state index in [1.807, 2.05) is 48.7 Å². The van der Waals surface area contributed by atoms with Gasteiger partial charge < -0.3 is 19.9 Å². The van der Waals surface area contributed by atoms with Crippen LogP contribution in [0.4, 0.5) is 4.79 Å². The lowest BCUT2D eigenvalue weighted by molar-refractivity contribution is -0.143. The van der Waals surface area contributed by atoms with Crippen LogP contribution in [0.25, 0.3) is 0 Å². The molecular formula is C26H31N3O3. The van der Waals surface area contributed by atoms with E-state index in [0.29, 0.717) is 13.2 Å². The second-order valence-corrected chi connectivity index (χ2v) is 7.86. The Kier molecular flexibility index (Phi) is 8.08. The molecule has 0 aliphatic carbocycles. The topological polar surface area (TPSA) is 72.4 Å². The molecule has 1 unspecified atom stereocenters. The molecule has 0 radical (unpaired) electrons. The summed E-state index contributed by atoms with van der Waals surface area (Å²) in [5.74, 6) is -0.343. The van der Waals surface area contributed by atoms with Crippen LogP contribution in [-0.2, 0) is 22.6 Å². The molecule has 0 aliphatic heterocycles. The zero-order valence-corrected chi connectivity index (χ0v) is 18.9. The number of rotatable bonds is 9. The fourth-order valence-corrected chi connectivity index (χ4v) is 3.62. The molecule has 1 atom stereocenters. The first-order chi connectivity index (χ1) is 15.5.